The van der Waals surface area contributed by atoms with Crippen molar-refractivity contribution in [2.24, 2.45) is 4.99 Å². The minimum atomic E-state index is -0.145. The Morgan fingerprint density at radius 1 is 1.21 bits per heavy atom. The molecule has 170 valence electrons. The Hall–Kier alpha value is -4.00. The molecule has 7 heteroatoms. The molecule has 2 N–H and O–H groups in total. The number of hydrogen-bond acceptors (Lipinski definition) is 6. The van der Waals surface area contributed by atoms with Crippen molar-refractivity contribution in [3.63, 3.8) is 0 Å². The van der Waals surface area contributed by atoms with Crippen LogP contribution in [0.5, 0.6) is 5.75 Å². The van der Waals surface area contributed by atoms with Gasteiger partial charge in [-0.1, -0.05) is 31.2 Å². The maximum Gasteiger partial charge on any atom is 0.251 e. The van der Waals surface area contributed by atoms with Crippen molar-refractivity contribution < 1.29 is 9.53 Å². The molecule has 0 saturated heterocycles. The van der Waals surface area contributed by atoms with Gasteiger partial charge < -0.3 is 15.4 Å². The van der Waals surface area contributed by atoms with Crippen LogP contribution in [0.4, 0.5) is 11.5 Å². The number of anilines is 1. The molecule has 3 rings (SSSR count). The maximum absolute atomic E-state index is 11.9. The SMILES string of the molecule is C=Nc1ccc(-c2cc(NC[C@@H](C)c3ccc(C(=O)NC)cc3OC)ncn2)cc1/C=C\C. The van der Waals surface area contributed by atoms with E-state index in [0.717, 1.165) is 33.9 Å². The standard InChI is InChI=1S/C26H29N5O2/c1-6-7-18-12-19(9-11-22(18)27-3)23-14-25(31-16-30-23)29-15-17(2)21-10-8-20(26(32)28-4)13-24(21)33-5/h6-14,16-17H,3,15H2,1-2,4-5H3,(H,28,32)(H,29,30,31)/b7-6-/t17-/m1/s1. The Labute approximate surface area is 194 Å². The van der Waals surface area contributed by atoms with Gasteiger partial charge in [-0.3, -0.25) is 9.79 Å². The molecule has 0 unspecified atom stereocenters. The number of allylic oxidation sites excluding steroid dienone is 1. The number of rotatable bonds is 9. The van der Waals surface area contributed by atoms with Crippen molar-refractivity contribution in [1.82, 2.24) is 15.3 Å². The summed E-state index contributed by atoms with van der Waals surface area (Å²) in [4.78, 5) is 24.8. The molecule has 0 aliphatic rings. The number of aromatic nitrogens is 2. The molecule has 0 aliphatic carbocycles. The number of carbonyl (C=O) groups is 1. The van der Waals surface area contributed by atoms with Gasteiger partial charge in [0.05, 0.1) is 18.5 Å². The van der Waals surface area contributed by atoms with Gasteiger partial charge in [0, 0.05) is 42.3 Å². The van der Waals surface area contributed by atoms with E-state index in [2.05, 4.69) is 39.2 Å². The molecular weight excluding hydrogens is 414 g/mol. The van der Waals surface area contributed by atoms with Crippen molar-refractivity contribution in [2.75, 3.05) is 26.0 Å². The number of ether oxygens (including phenoxy) is 1. The highest BCUT2D eigenvalue weighted by Crippen LogP contribution is 2.29. The molecule has 1 heterocycles. The molecule has 0 bridgehead atoms. The van der Waals surface area contributed by atoms with E-state index in [1.807, 2.05) is 49.4 Å². The Bertz CT molecular complexity index is 1170. The average Bonchev–Trinajstić information content (AvgIpc) is 2.86. The summed E-state index contributed by atoms with van der Waals surface area (Å²) in [6.07, 6.45) is 5.52. The van der Waals surface area contributed by atoms with Crippen molar-refractivity contribution >= 4 is 30.2 Å². The van der Waals surface area contributed by atoms with E-state index in [0.29, 0.717) is 17.9 Å². The normalized spacial score (nSPS) is 11.8. The number of carbonyl (C=O) groups excluding carboxylic acids is 1. The summed E-state index contributed by atoms with van der Waals surface area (Å²) < 4.78 is 5.53. The first-order valence-electron chi connectivity index (χ1n) is 10.7. The van der Waals surface area contributed by atoms with Crippen molar-refractivity contribution in [3.05, 3.63) is 71.6 Å². The predicted octanol–water partition coefficient (Wildman–Crippen LogP) is 5.09. The van der Waals surface area contributed by atoms with Crippen LogP contribution < -0.4 is 15.4 Å². The van der Waals surface area contributed by atoms with Crippen LogP contribution in [0, 0.1) is 0 Å². The van der Waals surface area contributed by atoms with Gasteiger partial charge >= 0.3 is 0 Å². The van der Waals surface area contributed by atoms with E-state index in [4.69, 9.17) is 4.74 Å². The highest BCUT2D eigenvalue weighted by Gasteiger charge is 2.15. The van der Waals surface area contributed by atoms with Crippen molar-refractivity contribution in [1.29, 1.82) is 0 Å². The highest BCUT2D eigenvalue weighted by atomic mass is 16.5. The number of nitrogens with one attached hydrogen (secondary N) is 2. The van der Waals surface area contributed by atoms with Gasteiger partial charge in [-0.05, 0) is 43.5 Å². The molecule has 1 aromatic heterocycles. The number of benzene rings is 2. The smallest absolute Gasteiger partial charge is 0.251 e. The second kappa shape index (κ2) is 11.0. The Morgan fingerprint density at radius 2 is 2.03 bits per heavy atom. The molecule has 0 radical (unpaired) electrons. The van der Waals surface area contributed by atoms with Gasteiger partial charge in [0.1, 0.15) is 17.9 Å². The van der Waals surface area contributed by atoms with Crippen molar-refractivity contribution in [2.45, 2.75) is 19.8 Å². The monoisotopic (exact) mass is 443 g/mol. The zero-order valence-electron chi connectivity index (χ0n) is 19.4. The highest BCUT2D eigenvalue weighted by molar-refractivity contribution is 5.94. The fraction of sp³-hybridized carbons (Fsp3) is 0.231. The molecule has 33 heavy (non-hydrogen) atoms. The quantitative estimate of drug-likeness (QED) is 0.450. The summed E-state index contributed by atoms with van der Waals surface area (Å²) in [6, 6.07) is 13.4. The maximum atomic E-state index is 11.9. The third kappa shape index (κ3) is 5.63. The molecule has 0 aliphatic heterocycles. The zero-order valence-corrected chi connectivity index (χ0v) is 19.4. The molecule has 0 fully saturated rings. The Morgan fingerprint density at radius 3 is 2.73 bits per heavy atom. The number of amides is 1. The third-order valence-electron chi connectivity index (χ3n) is 5.35. The van der Waals surface area contributed by atoms with Crippen LogP contribution in [0.3, 0.4) is 0 Å². The first-order valence-corrected chi connectivity index (χ1v) is 10.7. The number of hydrogen-bond donors (Lipinski definition) is 2. The molecular formula is C26H29N5O2. The van der Waals surface area contributed by atoms with E-state index < -0.39 is 0 Å². The van der Waals surface area contributed by atoms with Gasteiger partial charge in [0.15, 0.2) is 0 Å². The fourth-order valence-corrected chi connectivity index (χ4v) is 3.55. The summed E-state index contributed by atoms with van der Waals surface area (Å²) >= 11 is 0. The van der Waals surface area contributed by atoms with Crippen molar-refractivity contribution in [3.8, 4) is 17.0 Å². The topological polar surface area (TPSA) is 88.5 Å². The zero-order chi connectivity index (χ0) is 23.8. The van der Waals surface area contributed by atoms with Gasteiger partial charge in [-0.15, -0.1) is 0 Å². The van der Waals surface area contributed by atoms with Gasteiger partial charge in [-0.2, -0.15) is 0 Å². The third-order valence-corrected chi connectivity index (χ3v) is 5.35. The number of aliphatic imine (C=N–C) groups is 1. The summed E-state index contributed by atoms with van der Waals surface area (Å²) in [5.41, 5.74) is 5.17. The van der Waals surface area contributed by atoms with Crippen LogP contribution in [-0.2, 0) is 0 Å². The van der Waals surface area contributed by atoms with E-state index in [-0.39, 0.29) is 11.8 Å². The van der Waals surface area contributed by atoms with Gasteiger partial charge in [0.25, 0.3) is 5.91 Å². The Kier molecular flexibility index (Phi) is 7.91. The molecule has 7 nitrogen and oxygen atoms in total. The predicted molar refractivity (Wildman–Crippen MR) is 135 cm³/mol. The molecule has 0 saturated carbocycles. The number of methoxy groups -OCH3 is 1. The van der Waals surface area contributed by atoms with E-state index in [9.17, 15) is 4.79 Å². The largest absolute Gasteiger partial charge is 0.496 e. The molecule has 0 spiro atoms. The minimum Gasteiger partial charge on any atom is -0.496 e. The van der Waals surface area contributed by atoms with Crippen LogP contribution in [-0.4, -0.2) is 43.3 Å². The summed E-state index contributed by atoms with van der Waals surface area (Å²) in [7, 11) is 3.22. The molecule has 3 aromatic rings. The lowest BCUT2D eigenvalue weighted by atomic mass is 9.98. The van der Waals surface area contributed by atoms with Crippen LogP contribution >= 0.6 is 0 Å². The first kappa shape index (κ1) is 23.7. The molecule has 2 aromatic carbocycles. The van der Waals surface area contributed by atoms with Gasteiger partial charge in [-0.25, -0.2) is 9.97 Å². The first-order chi connectivity index (χ1) is 16.0. The summed E-state index contributed by atoms with van der Waals surface area (Å²) in [5.74, 6) is 1.39. The second-order valence-corrected chi connectivity index (χ2v) is 7.54. The van der Waals surface area contributed by atoms with Crippen LogP contribution in [0.1, 0.15) is 41.3 Å². The average molecular weight is 444 g/mol. The van der Waals surface area contributed by atoms with E-state index >= 15 is 0 Å². The fourth-order valence-electron chi connectivity index (χ4n) is 3.55. The lowest BCUT2D eigenvalue weighted by Gasteiger charge is -2.17. The van der Waals surface area contributed by atoms with Crippen LogP contribution in [0.15, 0.2) is 59.9 Å². The summed E-state index contributed by atoms with van der Waals surface area (Å²) in [6.45, 7) is 8.33. The molecule has 1 amide bonds. The number of nitrogens with zero attached hydrogens (tertiary/aromatic N) is 3. The molecule has 1 atom stereocenters. The van der Waals surface area contributed by atoms with Crippen LogP contribution in [0.2, 0.25) is 0 Å². The Balaban J connectivity index is 1.77. The van der Waals surface area contributed by atoms with E-state index in [1.165, 1.54) is 0 Å². The van der Waals surface area contributed by atoms with E-state index in [1.54, 1.807) is 32.6 Å². The lowest BCUT2D eigenvalue weighted by molar-refractivity contribution is 0.0962. The van der Waals surface area contributed by atoms with Gasteiger partial charge in [0.2, 0.25) is 0 Å². The minimum absolute atomic E-state index is 0.122. The lowest BCUT2D eigenvalue weighted by Crippen LogP contribution is -2.18. The second-order valence-electron chi connectivity index (χ2n) is 7.54. The summed E-state index contributed by atoms with van der Waals surface area (Å²) in [5, 5.41) is 6.02. The van der Waals surface area contributed by atoms with Crippen LogP contribution in [0.25, 0.3) is 17.3 Å².